The van der Waals surface area contributed by atoms with E-state index in [9.17, 15) is 4.79 Å². The number of nitrogens with zero attached hydrogens (tertiary/aromatic N) is 5. The van der Waals surface area contributed by atoms with Gasteiger partial charge in [0.15, 0.2) is 11.5 Å². The highest BCUT2D eigenvalue weighted by Gasteiger charge is 2.14. The van der Waals surface area contributed by atoms with Gasteiger partial charge < -0.3 is 9.47 Å². The highest BCUT2D eigenvalue weighted by molar-refractivity contribution is 5.99. The number of tetrazole rings is 1. The van der Waals surface area contributed by atoms with Gasteiger partial charge in [0.1, 0.15) is 6.54 Å². The average molecular weight is 364 g/mol. The van der Waals surface area contributed by atoms with Crippen LogP contribution in [0, 0.1) is 0 Å². The third-order valence-corrected chi connectivity index (χ3v) is 3.91. The largest absolute Gasteiger partial charge is 0.454 e. The van der Waals surface area contributed by atoms with E-state index in [2.05, 4.69) is 25.9 Å². The zero-order valence-corrected chi connectivity index (χ0v) is 14.5. The lowest BCUT2D eigenvalue weighted by molar-refractivity contribution is -0.122. The smallest absolute Gasteiger partial charge is 0.263 e. The maximum atomic E-state index is 12.1. The Morgan fingerprint density at radius 1 is 1.19 bits per heavy atom. The number of nitrogens with one attached hydrogen (secondary N) is 1. The molecule has 4 rings (SSSR count). The van der Waals surface area contributed by atoms with Crippen LogP contribution in [0.3, 0.4) is 0 Å². The van der Waals surface area contributed by atoms with Crippen molar-refractivity contribution < 1.29 is 14.3 Å². The minimum Gasteiger partial charge on any atom is -0.454 e. The number of benzene rings is 2. The van der Waals surface area contributed by atoms with Gasteiger partial charge in [-0.2, -0.15) is 9.90 Å². The molecule has 0 saturated carbocycles. The van der Waals surface area contributed by atoms with E-state index in [1.54, 1.807) is 6.92 Å². The van der Waals surface area contributed by atoms with E-state index < -0.39 is 0 Å². The van der Waals surface area contributed by atoms with Crippen molar-refractivity contribution in [2.45, 2.75) is 13.5 Å². The molecule has 1 aliphatic rings. The molecule has 0 saturated heterocycles. The Kier molecular flexibility index (Phi) is 4.48. The summed E-state index contributed by atoms with van der Waals surface area (Å²) < 4.78 is 10.6. The topological polar surface area (TPSA) is 104 Å². The highest BCUT2D eigenvalue weighted by atomic mass is 16.7. The molecule has 9 heteroatoms. The molecule has 27 heavy (non-hydrogen) atoms. The number of carbonyl (C=O) groups excluding carboxylic acids is 1. The third-order valence-electron chi connectivity index (χ3n) is 3.91. The van der Waals surface area contributed by atoms with Crippen molar-refractivity contribution in [3.8, 4) is 22.9 Å². The third kappa shape index (κ3) is 3.76. The van der Waals surface area contributed by atoms with E-state index in [0.717, 1.165) is 11.1 Å². The number of hydrazone groups is 1. The van der Waals surface area contributed by atoms with Crippen LogP contribution in [0.25, 0.3) is 11.4 Å². The summed E-state index contributed by atoms with van der Waals surface area (Å²) in [5.74, 6) is 1.46. The summed E-state index contributed by atoms with van der Waals surface area (Å²) >= 11 is 0. The molecule has 0 bridgehead atoms. The number of hydrogen-bond donors (Lipinski definition) is 1. The van der Waals surface area contributed by atoms with Crippen LogP contribution in [0.2, 0.25) is 0 Å². The molecule has 2 aromatic carbocycles. The molecule has 0 atom stereocenters. The van der Waals surface area contributed by atoms with Crippen molar-refractivity contribution >= 4 is 11.6 Å². The molecule has 9 nitrogen and oxygen atoms in total. The number of aromatic nitrogens is 4. The first-order chi connectivity index (χ1) is 13.2. The quantitative estimate of drug-likeness (QED) is 0.545. The molecule has 0 aliphatic carbocycles. The zero-order valence-electron chi connectivity index (χ0n) is 14.5. The molecule has 2 heterocycles. The summed E-state index contributed by atoms with van der Waals surface area (Å²) in [6.07, 6.45) is 0. The number of amides is 1. The van der Waals surface area contributed by atoms with E-state index in [1.807, 2.05) is 48.5 Å². The fourth-order valence-corrected chi connectivity index (χ4v) is 2.51. The summed E-state index contributed by atoms with van der Waals surface area (Å²) in [5.41, 5.74) is 4.79. The fourth-order valence-electron chi connectivity index (χ4n) is 2.51. The Morgan fingerprint density at radius 2 is 2.00 bits per heavy atom. The van der Waals surface area contributed by atoms with Crippen molar-refractivity contribution in [1.82, 2.24) is 25.6 Å². The molecule has 1 aliphatic heterocycles. The number of fused-ring (bicyclic) bond motifs is 1. The standard InChI is InChI=1S/C18H16N6O3/c1-12(14-7-8-15-16(9-14)27-11-26-15)19-20-17(25)10-24-22-18(21-23-24)13-5-3-2-4-6-13/h2-9H,10-11H2,1H3,(H,20,25)/b19-12+. The Bertz CT molecular complexity index is 999. The molecule has 1 aromatic heterocycles. The maximum absolute atomic E-state index is 12.1. The minimum absolute atomic E-state index is 0.0856. The summed E-state index contributed by atoms with van der Waals surface area (Å²) in [7, 11) is 0. The van der Waals surface area contributed by atoms with Crippen LogP contribution in [0.1, 0.15) is 12.5 Å². The van der Waals surface area contributed by atoms with Gasteiger partial charge in [0.25, 0.3) is 5.91 Å². The predicted octanol–water partition coefficient (Wildman–Crippen LogP) is 1.61. The van der Waals surface area contributed by atoms with Gasteiger partial charge >= 0.3 is 0 Å². The minimum atomic E-state index is -0.355. The Balaban J connectivity index is 1.38. The van der Waals surface area contributed by atoms with Gasteiger partial charge in [-0.1, -0.05) is 30.3 Å². The number of rotatable bonds is 5. The van der Waals surface area contributed by atoms with Gasteiger partial charge in [0.2, 0.25) is 12.6 Å². The molecular formula is C18H16N6O3. The van der Waals surface area contributed by atoms with Gasteiger partial charge in [0.05, 0.1) is 5.71 Å². The van der Waals surface area contributed by atoms with Gasteiger partial charge in [-0.25, -0.2) is 5.43 Å². The zero-order chi connectivity index (χ0) is 18.6. The van der Waals surface area contributed by atoms with Crippen LogP contribution < -0.4 is 14.9 Å². The van der Waals surface area contributed by atoms with Crippen LogP contribution in [-0.2, 0) is 11.3 Å². The molecule has 1 N–H and O–H groups in total. The van der Waals surface area contributed by atoms with Crippen LogP contribution >= 0.6 is 0 Å². The van der Waals surface area contributed by atoms with Crippen molar-refractivity contribution in [1.29, 1.82) is 0 Å². The van der Waals surface area contributed by atoms with Crippen LogP contribution in [0.5, 0.6) is 11.5 Å². The number of ether oxygens (including phenoxy) is 2. The van der Waals surface area contributed by atoms with E-state index >= 15 is 0 Å². The monoisotopic (exact) mass is 364 g/mol. The van der Waals surface area contributed by atoms with E-state index in [4.69, 9.17) is 9.47 Å². The first kappa shape index (κ1) is 16.7. The first-order valence-corrected chi connectivity index (χ1v) is 8.25. The Hall–Kier alpha value is -3.75. The van der Waals surface area contributed by atoms with Gasteiger partial charge in [-0.3, -0.25) is 4.79 Å². The lowest BCUT2D eigenvalue weighted by atomic mass is 10.1. The van der Waals surface area contributed by atoms with Crippen molar-refractivity contribution in [2.75, 3.05) is 6.79 Å². The van der Waals surface area contributed by atoms with Crippen LogP contribution in [0.4, 0.5) is 0 Å². The fraction of sp³-hybridized carbons (Fsp3) is 0.167. The van der Waals surface area contributed by atoms with Crippen molar-refractivity contribution in [2.24, 2.45) is 5.10 Å². The Morgan fingerprint density at radius 3 is 2.85 bits per heavy atom. The molecule has 0 radical (unpaired) electrons. The van der Waals surface area contributed by atoms with E-state index in [1.165, 1.54) is 4.80 Å². The normalized spacial score (nSPS) is 12.9. The summed E-state index contributed by atoms with van der Waals surface area (Å²) in [6, 6.07) is 14.9. The average Bonchev–Trinajstić information content (AvgIpc) is 3.35. The van der Waals surface area contributed by atoms with E-state index in [-0.39, 0.29) is 19.2 Å². The first-order valence-electron chi connectivity index (χ1n) is 8.25. The summed E-state index contributed by atoms with van der Waals surface area (Å²) in [6.45, 7) is 1.92. The van der Waals surface area contributed by atoms with E-state index in [0.29, 0.717) is 23.0 Å². The maximum Gasteiger partial charge on any atom is 0.263 e. The van der Waals surface area contributed by atoms with Gasteiger partial charge in [-0.05, 0) is 30.3 Å². The second-order valence-electron chi connectivity index (χ2n) is 5.81. The molecule has 1 amide bonds. The summed E-state index contributed by atoms with van der Waals surface area (Å²) in [5, 5.41) is 16.2. The van der Waals surface area contributed by atoms with Crippen molar-refractivity contribution in [3.05, 3.63) is 54.1 Å². The second-order valence-corrected chi connectivity index (χ2v) is 5.81. The molecule has 3 aromatic rings. The molecular weight excluding hydrogens is 348 g/mol. The van der Waals surface area contributed by atoms with Crippen molar-refractivity contribution in [3.63, 3.8) is 0 Å². The summed E-state index contributed by atoms with van der Waals surface area (Å²) in [4.78, 5) is 13.3. The lowest BCUT2D eigenvalue weighted by Crippen LogP contribution is -2.25. The molecule has 0 fully saturated rings. The van der Waals surface area contributed by atoms with Crippen LogP contribution in [0.15, 0.2) is 53.6 Å². The molecule has 136 valence electrons. The lowest BCUT2D eigenvalue weighted by Gasteiger charge is -2.04. The van der Waals surface area contributed by atoms with Gasteiger partial charge in [0, 0.05) is 11.1 Å². The second kappa shape index (κ2) is 7.24. The molecule has 0 spiro atoms. The highest BCUT2D eigenvalue weighted by Crippen LogP contribution is 2.32. The van der Waals surface area contributed by atoms with Crippen LogP contribution in [-0.4, -0.2) is 38.6 Å². The predicted molar refractivity (Wildman–Crippen MR) is 96.2 cm³/mol. The number of hydrogen-bond acceptors (Lipinski definition) is 7. The van der Waals surface area contributed by atoms with Gasteiger partial charge in [-0.15, -0.1) is 10.2 Å². The molecule has 0 unspecified atom stereocenters. The number of carbonyl (C=O) groups is 1. The Labute approximate surface area is 154 Å². The SMILES string of the molecule is C/C(=N\NC(=O)Cn1nnc(-c2ccccc2)n1)c1ccc2c(c1)OCO2.